The van der Waals surface area contributed by atoms with Gasteiger partial charge in [-0.1, -0.05) is 30.3 Å². The highest BCUT2D eigenvalue weighted by Crippen LogP contribution is 2.18. The van der Waals surface area contributed by atoms with Gasteiger partial charge in [0.2, 0.25) is 11.8 Å². The molecule has 0 heterocycles. The van der Waals surface area contributed by atoms with Crippen molar-refractivity contribution in [2.45, 2.75) is 19.8 Å². The van der Waals surface area contributed by atoms with E-state index in [1.807, 2.05) is 24.3 Å². The Bertz CT molecular complexity index is 780. The Kier molecular flexibility index (Phi) is 7.79. The fourth-order valence-corrected chi connectivity index (χ4v) is 2.82. The van der Waals surface area contributed by atoms with Crippen LogP contribution in [0.25, 0.3) is 0 Å². The van der Waals surface area contributed by atoms with Crippen LogP contribution in [0.2, 0.25) is 0 Å². The van der Waals surface area contributed by atoms with Crippen molar-refractivity contribution in [3.05, 3.63) is 65.5 Å². The lowest BCUT2D eigenvalue weighted by atomic mass is 10.1. The van der Waals surface area contributed by atoms with Crippen LogP contribution in [0.15, 0.2) is 48.5 Å². The van der Waals surface area contributed by atoms with Crippen molar-refractivity contribution in [1.82, 2.24) is 10.2 Å². The second-order valence-corrected chi connectivity index (χ2v) is 6.22. The largest absolute Gasteiger partial charge is 0.496 e. The first-order chi connectivity index (χ1) is 13.0. The molecule has 0 aliphatic heterocycles. The van der Waals surface area contributed by atoms with Crippen LogP contribution in [0.1, 0.15) is 18.1 Å². The second-order valence-electron chi connectivity index (χ2n) is 6.22. The van der Waals surface area contributed by atoms with E-state index in [1.54, 1.807) is 24.1 Å². The third kappa shape index (κ3) is 6.73. The van der Waals surface area contributed by atoms with Crippen LogP contribution in [-0.2, 0) is 22.4 Å². The van der Waals surface area contributed by atoms with Gasteiger partial charge in [-0.15, -0.1) is 0 Å². The van der Waals surface area contributed by atoms with Gasteiger partial charge < -0.3 is 15.0 Å². The minimum absolute atomic E-state index is 0.0516. The summed E-state index contributed by atoms with van der Waals surface area (Å²) in [7, 11) is 1.62. The molecule has 0 atom stereocenters. The molecule has 0 saturated heterocycles. The molecule has 2 aromatic rings. The lowest BCUT2D eigenvalue weighted by molar-refractivity contribution is -0.129. The summed E-state index contributed by atoms with van der Waals surface area (Å²) in [5.41, 5.74) is 1.65. The Morgan fingerprint density at radius 3 is 2.59 bits per heavy atom. The van der Waals surface area contributed by atoms with E-state index in [0.717, 1.165) is 11.3 Å². The van der Waals surface area contributed by atoms with E-state index < -0.39 is 0 Å². The van der Waals surface area contributed by atoms with Gasteiger partial charge in [-0.3, -0.25) is 9.59 Å². The van der Waals surface area contributed by atoms with E-state index in [1.165, 1.54) is 19.1 Å². The maximum atomic E-state index is 13.2. The minimum atomic E-state index is -0.362. The monoisotopic (exact) mass is 372 g/mol. The number of amides is 2. The molecule has 2 rings (SSSR count). The Balaban J connectivity index is 1.80. The summed E-state index contributed by atoms with van der Waals surface area (Å²) in [6.07, 6.45) is 0.778. The van der Waals surface area contributed by atoms with Crippen molar-refractivity contribution in [1.29, 1.82) is 0 Å². The van der Waals surface area contributed by atoms with E-state index in [9.17, 15) is 14.0 Å². The maximum Gasteiger partial charge on any atom is 0.224 e. The summed E-state index contributed by atoms with van der Waals surface area (Å²) in [5, 5.41) is 2.78. The van der Waals surface area contributed by atoms with Crippen LogP contribution in [-0.4, -0.2) is 43.5 Å². The number of carbonyl (C=O) groups excluding carboxylic acids is 2. The average Bonchev–Trinajstić information content (AvgIpc) is 2.64. The minimum Gasteiger partial charge on any atom is -0.496 e. The van der Waals surface area contributed by atoms with Crippen LogP contribution in [0, 0.1) is 5.82 Å². The van der Waals surface area contributed by atoms with Crippen molar-refractivity contribution in [2.24, 2.45) is 0 Å². The predicted octanol–water partition coefficient (Wildman–Crippen LogP) is 2.58. The summed E-state index contributed by atoms with van der Waals surface area (Å²) in [6.45, 7) is 2.81. The Morgan fingerprint density at radius 2 is 1.89 bits per heavy atom. The molecule has 1 N–H and O–H groups in total. The summed E-state index contributed by atoms with van der Waals surface area (Å²) >= 11 is 0. The van der Waals surface area contributed by atoms with Crippen molar-refractivity contribution in [2.75, 3.05) is 26.7 Å². The van der Waals surface area contributed by atoms with Crippen LogP contribution in [0.3, 0.4) is 0 Å². The molecular weight excluding hydrogens is 347 g/mol. The summed E-state index contributed by atoms with van der Waals surface area (Å²) in [6, 6.07) is 13.7. The van der Waals surface area contributed by atoms with Gasteiger partial charge in [0.15, 0.2) is 0 Å². The van der Waals surface area contributed by atoms with Crippen molar-refractivity contribution < 1.29 is 18.7 Å². The maximum absolute atomic E-state index is 13.2. The van der Waals surface area contributed by atoms with E-state index in [4.69, 9.17) is 4.74 Å². The van der Waals surface area contributed by atoms with Crippen LogP contribution in [0.5, 0.6) is 5.75 Å². The zero-order valence-corrected chi connectivity index (χ0v) is 15.7. The molecule has 0 spiro atoms. The number of hydrogen-bond donors (Lipinski definition) is 1. The molecule has 6 heteroatoms. The van der Waals surface area contributed by atoms with Gasteiger partial charge in [0, 0.05) is 26.6 Å². The smallest absolute Gasteiger partial charge is 0.224 e. The number of nitrogens with zero attached hydrogens (tertiary/aromatic N) is 1. The number of rotatable bonds is 9. The van der Waals surface area contributed by atoms with E-state index in [-0.39, 0.29) is 24.1 Å². The lowest BCUT2D eigenvalue weighted by Gasteiger charge is -2.22. The molecule has 0 radical (unpaired) electrons. The Hall–Kier alpha value is -2.89. The molecule has 5 nitrogen and oxygen atoms in total. The molecule has 0 saturated carbocycles. The van der Waals surface area contributed by atoms with Crippen molar-refractivity contribution >= 4 is 11.8 Å². The third-order valence-corrected chi connectivity index (χ3v) is 4.25. The zero-order valence-electron chi connectivity index (χ0n) is 15.7. The SMILES string of the molecule is COc1ccccc1CCN(CCNC(=O)Cc1cccc(F)c1)C(C)=O. The first-order valence-corrected chi connectivity index (χ1v) is 8.88. The molecule has 0 fully saturated rings. The molecule has 0 aromatic heterocycles. The van der Waals surface area contributed by atoms with E-state index in [0.29, 0.717) is 31.6 Å². The first-order valence-electron chi connectivity index (χ1n) is 8.88. The number of hydrogen-bond acceptors (Lipinski definition) is 3. The molecule has 0 unspecified atom stereocenters. The van der Waals surface area contributed by atoms with Gasteiger partial charge in [-0.05, 0) is 35.7 Å². The fraction of sp³-hybridized carbons (Fsp3) is 0.333. The van der Waals surface area contributed by atoms with E-state index in [2.05, 4.69) is 5.32 Å². The van der Waals surface area contributed by atoms with Gasteiger partial charge in [-0.25, -0.2) is 4.39 Å². The molecule has 2 amide bonds. The van der Waals surface area contributed by atoms with Gasteiger partial charge in [0.05, 0.1) is 13.5 Å². The standard InChI is InChI=1S/C21H25FN2O3/c1-16(25)24(12-10-18-7-3-4-9-20(18)27-2)13-11-23-21(26)15-17-6-5-8-19(22)14-17/h3-9,14H,10-13,15H2,1-2H3,(H,23,26). The van der Waals surface area contributed by atoms with Gasteiger partial charge in [0.1, 0.15) is 11.6 Å². The number of para-hydroxylation sites is 1. The summed E-state index contributed by atoms with van der Waals surface area (Å²) < 4.78 is 18.5. The highest BCUT2D eigenvalue weighted by Gasteiger charge is 2.11. The van der Waals surface area contributed by atoms with Crippen molar-refractivity contribution in [3.63, 3.8) is 0 Å². The second kappa shape index (κ2) is 10.3. The molecule has 0 aliphatic carbocycles. The number of methoxy groups -OCH3 is 1. The molecule has 0 bridgehead atoms. The molecular formula is C21H25FN2O3. The number of halogens is 1. The van der Waals surface area contributed by atoms with Gasteiger partial charge >= 0.3 is 0 Å². The Labute approximate surface area is 159 Å². The molecule has 2 aromatic carbocycles. The lowest BCUT2D eigenvalue weighted by Crippen LogP contribution is -2.39. The van der Waals surface area contributed by atoms with Crippen LogP contribution < -0.4 is 10.1 Å². The zero-order chi connectivity index (χ0) is 19.6. The summed E-state index contributed by atoms with van der Waals surface area (Å²) in [5.74, 6) is 0.182. The van der Waals surface area contributed by atoms with Gasteiger partial charge in [-0.2, -0.15) is 0 Å². The number of ether oxygens (including phenoxy) is 1. The molecule has 144 valence electrons. The normalized spacial score (nSPS) is 10.3. The molecule has 0 aliphatic rings. The fourth-order valence-electron chi connectivity index (χ4n) is 2.82. The Morgan fingerprint density at radius 1 is 1.11 bits per heavy atom. The third-order valence-electron chi connectivity index (χ3n) is 4.25. The highest BCUT2D eigenvalue weighted by molar-refractivity contribution is 5.78. The number of benzene rings is 2. The topological polar surface area (TPSA) is 58.6 Å². The van der Waals surface area contributed by atoms with Crippen LogP contribution >= 0.6 is 0 Å². The van der Waals surface area contributed by atoms with E-state index >= 15 is 0 Å². The predicted molar refractivity (Wildman–Crippen MR) is 102 cm³/mol. The quantitative estimate of drug-likeness (QED) is 0.736. The first kappa shape index (κ1) is 20.4. The molecule has 27 heavy (non-hydrogen) atoms. The summed E-state index contributed by atoms with van der Waals surface area (Å²) in [4.78, 5) is 25.5. The van der Waals surface area contributed by atoms with Crippen LogP contribution in [0.4, 0.5) is 4.39 Å². The van der Waals surface area contributed by atoms with Gasteiger partial charge in [0.25, 0.3) is 0 Å². The average molecular weight is 372 g/mol. The number of nitrogens with one attached hydrogen (secondary N) is 1. The van der Waals surface area contributed by atoms with Crippen molar-refractivity contribution in [3.8, 4) is 5.75 Å². The number of carbonyl (C=O) groups is 2. The highest BCUT2D eigenvalue weighted by atomic mass is 19.1.